The Morgan fingerprint density at radius 3 is 2.61 bits per heavy atom. The third-order valence-electron chi connectivity index (χ3n) is 4.60. The fourth-order valence-electron chi connectivity index (χ4n) is 3.26. The Morgan fingerprint density at radius 1 is 1.00 bits per heavy atom. The van der Waals surface area contributed by atoms with Crippen LogP contribution in [0.1, 0.15) is 5.56 Å². The van der Waals surface area contributed by atoms with Crippen molar-refractivity contribution in [3.05, 3.63) is 66.0 Å². The van der Waals surface area contributed by atoms with Gasteiger partial charge >= 0.3 is 0 Å². The number of hydrogen-bond donors (Lipinski definition) is 1. The van der Waals surface area contributed by atoms with Gasteiger partial charge in [0, 0.05) is 19.2 Å². The van der Waals surface area contributed by atoms with Crippen LogP contribution in [-0.4, -0.2) is 39.2 Å². The summed E-state index contributed by atoms with van der Waals surface area (Å²) in [4.78, 5) is 4.53. The van der Waals surface area contributed by atoms with Crippen molar-refractivity contribution in [3.8, 4) is 16.9 Å². The largest absolute Gasteiger partial charge is 0.490 e. The Hall–Kier alpha value is -2.63. The molecule has 1 aliphatic heterocycles. The number of hydrogen-bond acceptors (Lipinski definition) is 4. The molecule has 4 rings (SSSR count). The summed E-state index contributed by atoms with van der Waals surface area (Å²) in [7, 11) is 1.65. The Morgan fingerprint density at radius 2 is 1.86 bits per heavy atom. The van der Waals surface area contributed by atoms with E-state index < -0.39 is 0 Å². The van der Waals surface area contributed by atoms with Crippen molar-refractivity contribution in [1.29, 1.82) is 0 Å². The van der Waals surface area contributed by atoms with Crippen LogP contribution in [0.5, 0.6) is 5.75 Å². The molecule has 3 aromatic rings. The van der Waals surface area contributed by atoms with E-state index in [1.54, 1.807) is 19.2 Å². The average Bonchev–Trinajstić information content (AvgIpc) is 3.22. The Labute approximate surface area is 169 Å². The molecule has 4 nitrogen and oxygen atoms in total. The molecular weight excluding hydrogens is 379 g/mol. The van der Waals surface area contributed by atoms with Crippen LogP contribution in [0, 0.1) is 5.82 Å². The minimum atomic E-state index is -0.224. The van der Waals surface area contributed by atoms with E-state index >= 15 is 0 Å². The van der Waals surface area contributed by atoms with Crippen LogP contribution in [0.2, 0.25) is 0 Å². The van der Waals surface area contributed by atoms with E-state index in [0.29, 0.717) is 18.8 Å². The maximum Gasteiger partial charge on any atom is 0.132 e. The summed E-state index contributed by atoms with van der Waals surface area (Å²) >= 11 is 0. The van der Waals surface area contributed by atoms with Gasteiger partial charge in [0.15, 0.2) is 0 Å². The topological polar surface area (TPSA) is 42.9 Å². The number of methoxy groups -OCH3 is 1. The van der Waals surface area contributed by atoms with E-state index in [9.17, 15) is 4.39 Å². The number of rotatable bonds is 6. The van der Waals surface area contributed by atoms with E-state index in [1.807, 2.05) is 30.3 Å². The highest BCUT2D eigenvalue weighted by molar-refractivity contribution is 6.06. The van der Waals surface area contributed by atoms with Gasteiger partial charge in [0.05, 0.1) is 18.7 Å². The van der Waals surface area contributed by atoms with Gasteiger partial charge in [-0.25, -0.2) is 4.39 Å². The summed E-state index contributed by atoms with van der Waals surface area (Å²) in [5.74, 6) is 1.38. The second kappa shape index (κ2) is 9.04. The molecule has 0 spiro atoms. The summed E-state index contributed by atoms with van der Waals surface area (Å²) < 4.78 is 25.2. The van der Waals surface area contributed by atoms with Gasteiger partial charge in [-0.1, -0.05) is 30.3 Å². The van der Waals surface area contributed by atoms with Crippen LogP contribution in [-0.2, 0) is 4.74 Å². The van der Waals surface area contributed by atoms with Crippen LogP contribution >= 0.6 is 12.4 Å². The number of amidine groups is 1. The fraction of sp³-hybridized carbons (Fsp3) is 0.227. The molecule has 1 aliphatic rings. The lowest BCUT2D eigenvalue weighted by Crippen LogP contribution is -2.20. The average molecular weight is 401 g/mol. The Bertz CT molecular complexity index is 1010. The molecule has 146 valence electrons. The van der Waals surface area contributed by atoms with Gasteiger partial charge in [0.2, 0.25) is 0 Å². The van der Waals surface area contributed by atoms with Crippen molar-refractivity contribution in [1.82, 2.24) is 5.32 Å². The smallest absolute Gasteiger partial charge is 0.132 e. The number of halogens is 2. The molecule has 0 atom stereocenters. The number of benzene rings is 3. The highest BCUT2D eigenvalue weighted by Crippen LogP contribution is 2.31. The van der Waals surface area contributed by atoms with Crippen LogP contribution in [0.4, 0.5) is 4.39 Å². The van der Waals surface area contributed by atoms with Gasteiger partial charge in [-0.05, 0) is 40.6 Å². The summed E-state index contributed by atoms with van der Waals surface area (Å²) in [6.07, 6.45) is 0. The first kappa shape index (κ1) is 20.1. The van der Waals surface area contributed by atoms with Crippen molar-refractivity contribution < 1.29 is 13.9 Å². The molecular formula is C22H22ClFN2O2. The Kier molecular flexibility index (Phi) is 6.49. The number of ether oxygens (including phenoxy) is 2. The van der Waals surface area contributed by atoms with Crippen LogP contribution in [0.15, 0.2) is 59.6 Å². The summed E-state index contributed by atoms with van der Waals surface area (Å²) in [6, 6.07) is 16.8. The predicted molar refractivity (Wildman–Crippen MR) is 113 cm³/mol. The van der Waals surface area contributed by atoms with Crippen molar-refractivity contribution in [3.63, 3.8) is 0 Å². The first-order chi connectivity index (χ1) is 13.3. The maximum absolute atomic E-state index is 14.2. The minimum absolute atomic E-state index is 0. The molecule has 0 amide bonds. The maximum atomic E-state index is 14.2. The standard InChI is InChI=1S/C22H21FN2O2.ClH/c1-26-10-11-27-21-14-15-6-7-16(18-4-2-3-5-20(18)23)12-17(15)13-19(21)22-24-8-9-25-22;/h2-7,12-14H,8-11H2,1H3,(H,24,25);1H. The van der Waals surface area contributed by atoms with E-state index in [4.69, 9.17) is 9.47 Å². The van der Waals surface area contributed by atoms with E-state index in [-0.39, 0.29) is 18.2 Å². The SMILES string of the molecule is COCCOc1cc2ccc(-c3ccccc3F)cc2cc1C1=NCCN1.Cl. The number of nitrogens with zero attached hydrogens (tertiary/aromatic N) is 1. The van der Waals surface area contributed by atoms with E-state index in [2.05, 4.69) is 16.4 Å². The van der Waals surface area contributed by atoms with Gasteiger partial charge in [-0.2, -0.15) is 0 Å². The molecule has 0 radical (unpaired) electrons. The van der Waals surface area contributed by atoms with Crippen LogP contribution in [0.25, 0.3) is 21.9 Å². The quantitative estimate of drug-likeness (QED) is 0.622. The van der Waals surface area contributed by atoms with Crippen molar-refractivity contribution in [2.45, 2.75) is 0 Å². The van der Waals surface area contributed by atoms with E-state index in [1.165, 1.54) is 6.07 Å². The van der Waals surface area contributed by atoms with Crippen molar-refractivity contribution in [2.24, 2.45) is 4.99 Å². The van der Waals surface area contributed by atoms with Crippen LogP contribution < -0.4 is 10.1 Å². The molecule has 0 unspecified atom stereocenters. The zero-order valence-electron chi connectivity index (χ0n) is 15.6. The van der Waals surface area contributed by atoms with E-state index in [0.717, 1.165) is 46.6 Å². The molecule has 6 heteroatoms. The van der Waals surface area contributed by atoms with Gasteiger partial charge < -0.3 is 14.8 Å². The lowest BCUT2D eigenvalue weighted by Gasteiger charge is -2.14. The minimum Gasteiger partial charge on any atom is -0.490 e. The number of fused-ring (bicyclic) bond motifs is 1. The van der Waals surface area contributed by atoms with Crippen molar-refractivity contribution in [2.75, 3.05) is 33.4 Å². The fourth-order valence-corrected chi connectivity index (χ4v) is 3.26. The van der Waals surface area contributed by atoms with Gasteiger partial charge in [-0.3, -0.25) is 4.99 Å². The normalized spacial score (nSPS) is 13.0. The molecule has 0 saturated heterocycles. The molecule has 0 saturated carbocycles. The summed E-state index contributed by atoms with van der Waals surface area (Å²) in [6.45, 7) is 2.56. The lowest BCUT2D eigenvalue weighted by molar-refractivity contribution is 0.146. The van der Waals surface area contributed by atoms with Gasteiger partial charge in [0.25, 0.3) is 0 Å². The summed E-state index contributed by atoms with van der Waals surface area (Å²) in [5.41, 5.74) is 2.36. The Balaban J connectivity index is 0.00000225. The molecule has 1 heterocycles. The molecule has 28 heavy (non-hydrogen) atoms. The molecule has 3 aromatic carbocycles. The lowest BCUT2D eigenvalue weighted by atomic mass is 9.98. The first-order valence-electron chi connectivity index (χ1n) is 8.99. The third-order valence-corrected chi connectivity index (χ3v) is 4.60. The molecule has 0 aromatic heterocycles. The monoisotopic (exact) mass is 400 g/mol. The van der Waals surface area contributed by atoms with Gasteiger partial charge in [0.1, 0.15) is 24.0 Å². The first-order valence-corrected chi connectivity index (χ1v) is 8.99. The summed E-state index contributed by atoms with van der Waals surface area (Å²) in [5, 5.41) is 5.35. The molecule has 1 N–H and O–H groups in total. The van der Waals surface area contributed by atoms with Crippen molar-refractivity contribution >= 4 is 29.0 Å². The predicted octanol–water partition coefficient (Wildman–Crippen LogP) is 4.44. The zero-order valence-corrected chi connectivity index (χ0v) is 16.4. The zero-order chi connectivity index (χ0) is 18.6. The highest BCUT2D eigenvalue weighted by Gasteiger charge is 2.16. The second-order valence-electron chi connectivity index (χ2n) is 6.39. The molecule has 0 fully saturated rings. The molecule has 0 bridgehead atoms. The van der Waals surface area contributed by atoms with Crippen LogP contribution in [0.3, 0.4) is 0 Å². The van der Waals surface area contributed by atoms with Gasteiger partial charge in [-0.15, -0.1) is 12.4 Å². The number of aliphatic imine (C=N–C) groups is 1. The third kappa shape index (κ3) is 4.11. The second-order valence-corrected chi connectivity index (χ2v) is 6.39. The number of nitrogens with one attached hydrogen (secondary N) is 1. The highest BCUT2D eigenvalue weighted by atomic mass is 35.5. The molecule has 0 aliphatic carbocycles.